The van der Waals surface area contributed by atoms with Crippen molar-refractivity contribution in [3.8, 4) is 0 Å². The van der Waals surface area contributed by atoms with Gasteiger partial charge in [-0.15, -0.1) is 0 Å². The van der Waals surface area contributed by atoms with Crippen LogP contribution in [-0.2, 0) is 4.79 Å². The van der Waals surface area contributed by atoms with E-state index in [-0.39, 0.29) is 11.8 Å². The molecule has 132 valence electrons. The number of nitrogens with zero attached hydrogens (tertiary/aromatic N) is 1. The number of benzene rings is 1. The topological polar surface area (TPSA) is 62.6 Å². The molecule has 4 rings (SSSR count). The molecule has 1 aliphatic heterocycles. The Morgan fingerprint density at radius 3 is 2.92 bits per heavy atom. The minimum Gasteiger partial charge on any atom is -0.465 e. The first-order valence-corrected chi connectivity index (χ1v) is 9.54. The maximum absolute atomic E-state index is 12.8. The highest BCUT2D eigenvalue weighted by atomic mass is 32.2. The molecular formula is C19H16N2O3S2. The quantitative estimate of drug-likeness (QED) is 0.627. The number of carbonyl (C=O) groups is 2. The zero-order valence-corrected chi connectivity index (χ0v) is 15.4. The first-order chi connectivity index (χ1) is 12.6. The number of hydrogen-bond acceptors (Lipinski definition) is 5. The molecule has 0 radical (unpaired) electrons. The van der Waals surface area contributed by atoms with Gasteiger partial charge >= 0.3 is 0 Å². The van der Waals surface area contributed by atoms with Gasteiger partial charge in [0.1, 0.15) is 5.76 Å². The average molecular weight is 384 g/mol. The summed E-state index contributed by atoms with van der Waals surface area (Å²) >= 11 is 6.59. The number of rotatable bonds is 5. The smallest absolute Gasteiger partial charge is 0.270 e. The van der Waals surface area contributed by atoms with Crippen LogP contribution in [0.5, 0.6) is 0 Å². The average Bonchev–Trinajstić information content (AvgIpc) is 3.25. The fourth-order valence-electron chi connectivity index (χ4n) is 2.64. The van der Waals surface area contributed by atoms with Crippen molar-refractivity contribution >= 4 is 51.9 Å². The number of nitrogens with one attached hydrogen (secondary N) is 1. The Hall–Kier alpha value is -2.38. The van der Waals surface area contributed by atoms with Crippen molar-refractivity contribution < 1.29 is 14.0 Å². The predicted molar refractivity (Wildman–Crippen MR) is 106 cm³/mol. The van der Waals surface area contributed by atoms with E-state index in [4.69, 9.17) is 16.6 Å². The molecule has 0 bridgehead atoms. The van der Waals surface area contributed by atoms with Crippen LogP contribution >= 0.6 is 24.0 Å². The molecule has 1 aromatic heterocycles. The first-order valence-electron chi connectivity index (χ1n) is 8.31. The lowest BCUT2D eigenvalue weighted by Crippen LogP contribution is -2.29. The van der Waals surface area contributed by atoms with Crippen LogP contribution in [0.2, 0.25) is 0 Å². The number of thiocarbonyl (C=S) groups is 1. The summed E-state index contributed by atoms with van der Waals surface area (Å²) in [7, 11) is 0. The molecule has 0 atom stereocenters. The zero-order valence-electron chi connectivity index (χ0n) is 13.8. The molecule has 1 aromatic carbocycles. The van der Waals surface area contributed by atoms with E-state index in [1.54, 1.807) is 48.7 Å². The Morgan fingerprint density at radius 2 is 2.19 bits per heavy atom. The Labute approximate surface area is 160 Å². The lowest BCUT2D eigenvalue weighted by atomic mass is 10.1. The normalized spacial score (nSPS) is 18.6. The number of anilines is 1. The highest BCUT2D eigenvalue weighted by Gasteiger charge is 2.33. The number of hydrogen-bond donors (Lipinski definition) is 1. The Kier molecular flexibility index (Phi) is 4.65. The first kappa shape index (κ1) is 17.1. The van der Waals surface area contributed by atoms with Gasteiger partial charge in [-0.05, 0) is 49.1 Å². The number of furan rings is 1. The highest BCUT2D eigenvalue weighted by molar-refractivity contribution is 8.27. The van der Waals surface area contributed by atoms with Crippen LogP contribution < -0.4 is 10.2 Å². The van der Waals surface area contributed by atoms with Gasteiger partial charge in [-0.3, -0.25) is 14.5 Å². The summed E-state index contributed by atoms with van der Waals surface area (Å²) in [5.41, 5.74) is 1.11. The molecule has 2 amide bonds. The summed E-state index contributed by atoms with van der Waals surface area (Å²) in [6, 6.07) is 10.5. The Bertz CT molecular complexity index is 901. The van der Waals surface area contributed by atoms with Crippen LogP contribution in [0.1, 0.15) is 29.0 Å². The van der Waals surface area contributed by atoms with E-state index >= 15 is 0 Å². The minimum atomic E-state index is -0.216. The number of carbonyl (C=O) groups excluding carboxylic acids is 2. The van der Waals surface area contributed by atoms with Crippen molar-refractivity contribution in [1.29, 1.82) is 0 Å². The van der Waals surface area contributed by atoms with E-state index in [2.05, 4.69) is 5.32 Å². The molecule has 1 aliphatic carbocycles. The molecule has 2 aromatic rings. The van der Waals surface area contributed by atoms with E-state index < -0.39 is 0 Å². The second-order valence-corrected chi connectivity index (χ2v) is 7.91. The van der Waals surface area contributed by atoms with Gasteiger partial charge in [0.05, 0.1) is 16.9 Å². The van der Waals surface area contributed by atoms with Crippen LogP contribution in [-0.4, -0.2) is 22.7 Å². The van der Waals surface area contributed by atoms with Gasteiger partial charge in [-0.1, -0.05) is 30.0 Å². The molecular weight excluding hydrogens is 368 g/mol. The number of thioether (sulfide) groups is 1. The SMILES string of the molecule is O=C(NCC1CC1)c1cccc(N2C(=O)/C(=C/c3ccco3)SC2=S)c1. The second kappa shape index (κ2) is 7.09. The van der Waals surface area contributed by atoms with Gasteiger partial charge in [-0.25, -0.2) is 0 Å². The van der Waals surface area contributed by atoms with Gasteiger partial charge in [0, 0.05) is 18.2 Å². The van der Waals surface area contributed by atoms with Crippen molar-refractivity contribution in [3.63, 3.8) is 0 Å². The van der Waals surface area contributed by atoms with Crippen molar-refractivity contribution in [3.05, 3.63) is 58.9 Å². The Balaban J connectivity index is 1.54. The molecule has 2 aliphatic rings. The van der Waals surface area contributed by atoms with Crippen LogP contribution in [0, 0.1) is 5.92 Å². The van der Waals surface area contributed by atoms with Crippen molar-refractivity contribution in [1.82, 2.24) is 5.32 Å². The molecule has 5 nitrogen and oxygen atoms in total. The van der Waals surface area contributed by atoms with E-state index in [1.807, 2.05) is 0 Å². The van der Waals surface area contributed by atoms with Crippen LogP contribution in [0.4, 0.5) is 5.69 Å². The third-order valence-electron chi connectivity index (χ3n) is 4.23. The molecule has 1 saturated carbocycles. The molecule has 0 spiro atoms. The third-order valence-corrected chi connectivity index (χ3v) is 5.53. The summed E-state index contributed by atoms with van der Waals surface area (Å²) in [4.78, 5) is 27.0. The van der Waals surface area contributed by atoms with Crippen LogP contribution in [0.15, 0.2) is 52.0 Å². The molecule has 1 saturated heterocycles. The predicted octanol–water partition coefficient (Wildman–Crippen LogP) is 3.83. The summed E-state index contributed by atoms with van der Waals surface area (Å²) in [5.74, 6) is 0.863. The molecule has 0 unspecified atom stereocenters. The van der Waals surface area contributed by atoms with Gasteiger partial charge < -0.3 is 9.73 Å². The summed E-state index contributed by atoms with van der Waals surface area (Å²) in [6.07, 6.45) is 5.58. The molecule has 1 N–H and O–H groups in total. The van der Waals surface area contributed by atoms with Crippen molar-refractivity contribution in [2.45, 2.75) is 12.8 Å². The minimum absolute atomic E-state index is 0.129. The summed E-state index contributed by atoms with van der Waals surface area (Å²) < 4.78 is 5.70. The van der Waals surface area contributed by atoms with Gasteiger partial charge in [0.2, 0.25) is 0 Å². The Morgan fingerprint density at radius 1 is 1.35 bits per heavy atom. The second-order valence-electron chi connectivity index (χ2n) is 6.24. The summed E-state index contributed by atoms with van der Waals surface area (Å²) in [5, 5.41) is 2.94. The molecule has 2 heterocycles. The molecule has 26 heavy (non-hydrogen) atoms. The van der Waals surface area contributed by atoms with Gasteiger partial charge in [0.25, 0.3) is 11.8 Å². The highest BCUT2D eigenvalue weighted by Crippen LogP contribution is 2.36. The molecule has 2 fully saturated rings. The van der Waals surface area contributed by atoms with E-state index in [0.717, 1.165) is 0 Å². The lowest BCUT2D eigenvalue weighted by molar-refractivity contribution is -0.113. The van der Waals surface area contributed by atoms with Crippen molar-refractivity contribution in [2.24, 2.45) is 5.92 Å². The van der Waals surface area contributed by atoms with Crippen LogP contribution in [0.25, 0.3) is 6.08 Å². The van der Waals surface area contributed by atoms with Crippen molar-refractivity contribution in [2.75, 3.05) is 11.4 Å². The fraction of sp³-hybridized carbons (Fsp3) is 0.211. The van der Waals surface area contributed by atoms with E-state index in [9.17, 15) is 9.59 Å². The van der Waals surface area contributed by atoms with E-state index in [0.29, 0.717) is 38.7 Å². The standard InChI is InChI=1S/C19H16N2O3S2/c22-17(20-11-12-6-7-12)13-3-1-4-14(9-13)21-18(23)16(26-19(21)25)10-15-5-2-8-24-15/h1-5,8-10,12H,6-7,11H2,(H,20,22)/b16-10-. The van der Waals surface area contributed by atoms with E-state index in [1.165, 1.54) is 29.5 Å². The summed E-state index contributed by atoms with van der Waals surface area (Å²) in [6.45, 7) is 0.704. The third kappa shape index (κ3) is 3.59. The monoisotopic (exact) mass is 384 g/mol. The maximum Gasteiger partial charge on any atom is 0.270 e. The van der Waals surface area contributed by atoms with Gasteiger partial charge in [0.15, 0.2) is 4.32 Å². The number of amides is 2. The zero-order chi connectivity index (χ0) is 18.1. The molecule has 7 heteroatoms. The maximum atomic E-state index is 12.8. The van der Waals surface area contributed by atoms with Gasteiger partial charge in [-0.2, -0.15) is 0 Å². The fourth-order valence-corrected chi connectivity index (χ4v) is 3.92. The largest absolute Gasteiger partial charge is 0.465 e. The van der Waals surface area contributed by atoms with Crippen LogP contribution in [0.3, 0.4) is 0 Å². The lowest BCUT2D eigenvalue weighted by Gasteiger charge is -2.15.